The zero-order chi connectivity index (χ0) is 33.0. The number of amides is 2. The third-order valence-electron chi connectivity index (χ3n) is 8.56. The summed E-state index contributed by atoms with van der Waals surface area (Å²) in [6.07, 6.45) is 4.50. The Labute approximate surface area is 277 Å². The van der Waals surface area contributed by atoms with Crippen molar-refractivity contribution in [3.8, 4) is 0 Å². The quantitative estimate of drug-likeness (QED) is 0.265. The van der Waals surface area contributed by atoms with Crippen molar-refractivity contribution in [2.45, 2.75) is 88.9 Å². The summed E-state index contributed by atoms with van der Waals surface area (Å²) in [7, 11) is 3.44. The van der Waals surface area contributed by atoms with E-state index in [-0.39, 0.29) is 23.2 Å². The van der Waals surface area contributed by atoms with Crippen molar-refractivity contribution in [2.24, 2.45) is 0 Å². The van der Waals surface area contributed by atoms with Gasteiger partial charge in [0.05, 0.1) is 40.9 Å². The average molecular weight is 672 g/mol. The molecule has 0 saturated heterocycles. The number of nitrogens with one attached hydrogen (secondary N) is 1. The van der Waals surface area contributed by atoms with E-state index in [9.17, 15) is 9.59 Å². The van der Waals surface area contributed by atoms with Gasteiger partial charge in [-0.25, -0.2) is 19.2 Å². The number of halogens is 2. The molecule has 0 saturated carbocycles. The van der Waals surface area contributed by atoms with Gasteiger partial charge in [-0.05, 0) is 76.0 Å². The highest BCUT2D eigenvalue weighted by Gasteiger charge is 2.44. The SMILES string of the molecule is CSc1nc2c(c(N3CCCn4nc(C(=O)N(C)C)cc4C3)n1)COC1(CCCc3c1cc(NC(=O)OC(C)(C)C)c(F)c3Cl)C2. The summed E-state index contributed by atoms with van der Waals surface area (Å²) < 4.78 is 29.5. The molecule has 1 unspecified atom stereocenters. The van der Waals surface area contributed by atoms with Crippen LogP contribution in [0.3, 0.4) is 0 Å². The molecule has 1 aliphatic carbocycles. The Kier molecular flexibility index (Phi) is 8.70. The first-order valence-corrected chi connectivity index (χ1v) is 17.0. The third kappa shape index (κ3) is 6.16. The number of benzene rings is 1. The maximum atomic E-state index is 15.5. The van der Waals surface area contributed by atoms with Gasteiger partial charge in [-0.15, -0.1) is 0 Å². The molecule has 2 aliphatic heterocycles. The van der Waals surface area contributed by atoms with Crippen LogP contribution in [0.2, 0.25) is 5.02 Å². The minimum absolute atomic E-state index is 0.0153. The fourth-order valence-electron chi connectivity index (χ4n) is 6.49. The molecule has 1 spiro atoms. The number of aryl methyl sites for hydroxylation is 1. The van der Waals surface area contributed by atoms with Crippen molar-refractivity contribution in [1.82, 2.24) is 24.6 Å². The van der Waals surface area contributed by atoms with Gasteiger partial charge in [0.15, 0.2) is 16.7 Å². The fraction of sp³-hybridized carbons (Fsp3) is 0.531. The number of aromatic nitrogens is 4. The van der Waals surface area contributed by atoms with Crippen LogP contribution in [0.4, 0.5) is 20.7 Å². The van der Waals surface area contributed by atoms with Crippen LogP contribution in [-0.2, 0) is 47.6 Å². The Morgan fingerprint density at radius 3 is 2.67 bits per heavy atom. The summed E-state index contributed by atoms with van der Waals surface area (Å²) in [6.45, 7) is 7.47. The number of hydrogen-bond donors (Lipinski definition) is 1. The lowest BCUT2D eigenvalue weighted by Gasteiger charge is -2.43. The molecule has 6 rings (SSSR count). The van der Waals surface area contributed by atoms with E-state index in [1.807, 2.05) is 17.0 Å². The van der Waals surface area contributed by atoms with E-state index in [1.165, 1.54) is 16.7 Å². The van der Waals surface area contributed by atoms with E-state index >= 15 is 4.39 Å². The van der Waals surface area contributed by atoms with Crippen molar-refractivity contribution < 1.29 is 23.5 Å². The predicted molar refractivity (Wildman–Crippen MR) is 174 cm³/mol. The van der Waals surface area contributed by atoms with Gasteiger partial charge in [-0.2, -0.15) is 5.10 Å². The van der Waals surface area contributed by atoms with E-state index < -0.39 is 23.1 Å². The number of rotatable bonds is 4. The molecule has 46 heavy (non-hydrogen) atoms. The van der Waals surface area contributed by atoms with E-state index in [1.54, 1.807) is 40.9 Å². The third-order valence-corrected chi connectivity index (χ3v) is 9.50. The lowest BCUT2D eigenvalue weighted by molar-refractivity contribution is -0.0856. The van der Waals surface area contributed by atoms with Gasteiger partial charge in [0.25, 0.3) is 5.91 Å². The van der Waals surface area contributed by atoms with E-state index in [0.29, 0.717) is 48.8 Å². The van der Waals surface area contributed by atoms with Crippen molar-refractivity contribution >= 4 is 46.9 Å². The van der Waals surface area contributed by atoms with Gasteiger partial charge in [-0.3, -0.25) is 14.8 Å². The highest BCUT2D eigenvalue weighted by atomic mass is 35.5. The van der Waals surface area contributed by atoms with Crippen LogP contribution in [0.15, 0.2) is 17.3 Å². The normalized spacial score (nSPS) is 19.2. The monoisotopic (exact) mass is 671 g/mol. The summed E-state index contributed by atoms with van der Waals surface area (Å²) in [5, 5.41) is 7.77. The van der Waals surface area contributed by atoms with Gasteiger partial charge in [0, 0.05) is 39.2 Å². The molecule has 0 fully saturated rings. The topological polar surface area (TPSA) is 115 Å². The molecule has 1 N–H and O–H groups in total. The van der Waals surface area contributed by atoms with Gasteiger partial charge in [0.2, 0.25) is 0 Å². The van der Waals surface area contributed by atoms with Crippen LogP contribution in [0.25, 0.3) is 0 Å². The Hall–Kier alpha value is -3.42. The fourth-order valence-corrected chi connectivity index (χ4v) is 7.17. The highest BCUT2D eigenvalue weighted by molar-refractivity contribution is 7.98. The zero-order valence-electron chi connectivity index (χ0n) is 27.0. The standard InChI is InChI=1S/C32H39ClFN7O4S/c1-31(2,3)45-30(43)36-22-14-21-19(25(33)26(22)34)9-7-10-32(21)15-24-20(17-44-32)27(37-29(35-24)46-6)40-11-8-12-41-18(16-40)13-23(38-41)28(42)39(4)5/h13-14H,7-12,15-17H2,1-6H3,(H,36,43). The van der Waals surface area contributed by atoms with Crippen LogP contribution in [0.5, 0.6) is 0 Å². The number of carbonyl (C=O) groups is 2. The number of ether oxygens (including phenoxy) is 2. The van der Waals surface area contributed by atoms with Gasteiger partial charge < -0.3 is 19.3 Å². The largest absolute Gasteiger partial charge is 0.444 e. The number of hydrogen-bond acceptors (Lipinski definition) is 9. The molecule has 3 aliphatic rings. The van der Waals surface area contributed by atoms with Crippen molar-refractivity contribution in [2.75, 3.05) is 37.1 Å². The predicted octanol–water partition coefficient (Wildman–Crippen LogP) is 5.95. The second kappa shape index (κ2) is 12.3. The minimum atomic E-state index is -0.803. The molecule has 1 aromatic carbocycles. The van der Waals surface area contributed by atoms with Crippen LogP contribution in [-0.4, -0.2) is 69.1 Å². The minimum Gasteiger partial charge on any atom is -0.444 e. The number of nitrogens with zero attached hydrogens (tertiary/aromatic N) is 6. The van der Waals surface area contributed by atoms with Gasteiger partial charge in [-0.1, -0.05) is 23.4 Å². The van der Waals surface area contributed by atoms with E-state index in [2.05, 4.69) is 15.3 Å². The molecule has 0 radical (unpaired) electrons. The van der Waals surface area contributed by atoms with Crippen LogP contribution < -0.4 is 10.2 Å². The van der Waals surface area contributed by atoms with E-state index in [4.69, 9.17) is 31.0 Å². The second-order valence-corrected chi connectivity index (χ2v) is 14.3. The van der Waals surface area contributed by atoms with Crippen molar-refractivity contribution in [3.63, 3.8) is 0 Å². The second-order valence-electron chi connectivity index (χ2n) is 13.2. The summed E-state index contributed by atoms with van der Waals surface area (Å²) in [6, 6.07) is 3.50. The average Bonchev–Trinajstić information content (AvgIpc) is 3.29. The molecule has 246 valence electrons. The number of fused-ring (bicyclic) bond motifs is 4. The summed E-state index contributed by atoms with van der Waals surface area (Å²) in [4.78, 5) is 38.9. The zero-order valence-corrected chi connectivity index (χ0v) is 28.6. The molecular weight excluding hydrogens is 633 g/mol. The van der Waals surface area contributed by atoms with Crippen molar-refractivity contribution in [1.29, 1.82) is 0 Å². The van der Waals surface area contributed by atoms with Crippen LogP contribution >= 0.6 is 23.4 Å². The summed E-state index contributed by atoms with van der Waals surface area (Å²) >= 11 is 8.09. The molecule has 3 aromatic rings. The van der Waals surface area contributed by atoms with Gasteiger partial charge >= 0.3 is 6.09 Å². The Morgan fingerprint density at radius 1 is 1.17 bits per heavy atom. The molecule has 4 heterocycles. The first kappa shape index (κ1) is 32.5. The molecule has 1 atom stereocenters. The van der Waals surface area contributed by atoms with Crippen molar-refractivity contribution in [3.05, 3.63) is 56.7 Å². The molecule has 11 nitrogen and oxygen atoms in total. The Bertz CT molecular complexity index is 1710. The van der Waals surface area contributed by atoms with Crippen LogP contribution in [0, 0.1) is 5.82 Å². The number of thioether (sulfide) groups is 1. The molecule has 2 amide bonds. The van der Waals surface area contributed by atoms with E-state index in [0.717, 1.165) is 47.7 Å². The first-order valence-electron chi connectivity index (χ1n) is 15.4. The molecule has 2 aromatic heterocycles. The number of anilines is 2. The highest BCUT2D eigenvalue weighted by Crippen LogP contribution is 2.49. The first-order chi connectivity index (χ1) is 21.8. The molecule has 14 heteroatoms. The van der Waals surface area contributed by atoms with Gasteiger partial charge in [0.1, 0.15) is 11.4 Å². The molecular formula is C32H39ClFN7O4S. The lowest BCUT2D eigenvalue weighted by Crippen LogP contribution is -2.41. The Balaban J connectivity index is 1.35. The smallest absolute Gasteiger partial charge is 0.412 e. The summed E-state index contributed by atoms with van der Waals surface area (Å²) in [5.41, 5.74) is 2.99. The summed E-state index contributed by atoms with van der Waals surface area (Å²) in [5.74, 6) is -0.0171. The maximum Gasteiger partial charge on any atom is 0.412 e. The lowest BCUT2D eigenvalue weighted by atomic mass is 9.74. The van der Waals surface area contributed by atoms with Crippen LogP contribution in [0.1, 0.15) is 78.6 Å². The molecule has 0 bridgehead atoms. The maximum absolute atomic E-state index is 15.5. The number of carbonyl (C=O) groups excluding carboxylic acids is 2. The Morgan fingerprint density at radius 2 is 1.96 bits per heavy atom.